The number of benzene rings is 1. The number of thioether (sulfide) groups is 1. The third-order valence-electron chi connectivity index (χ3n) is 2.57. The summed E-state index contributed by atoms with van der Waals surface area (Å²) in [6.07, 6.45) is 0.445. The summed E-state index contributed by atoms with van der Waals surface area (Å²) < 4.78 is 6.41. The molecule has 1 aromatic carbocycles. The van der Waals surface area contributed by atoms with Gasteiger partial charge in [-0.1, -0.05) is 6.07 Å². The number of hydrogen-bond acceptors (Lipinski definition) is 5. The molecule has 1 heterocycles. The van der Waals surface area contributed by atoms with Gasteiger partial charge in [-0.3, -0.25) is 4.79 Å². The Balaban J connectivity index is 1.86. The average Bonchev–Trinajstić information content (AvgIpc) is 2.92. The normalized spacial score (nSPS) is 10.2. The first kappa shape index (κ1) is 14.7. The summed E-state index contributed by atoms with van der Waals surface area (Å²) in [5.74, 6) is 1.31. The van der Waals surface area contributed by atoms with E-state index in [1.807, 2.05) is 17.5 Å². The molecule has 0 unspecified atom stereocenters. The Labute approximate surface area is 126 Å². The Morgan fingerprint density at radius 2 is 2.30 bits per heavy atom. The third kappa shape index (κ3) is 4.18. The molecule has 0 aliphatic carbocycles. The minimum absolute atomic E-state index is 0.0436. The standard InChI is InChI=1S/C14H16N2O2S2/c1-18-12-5-4-10(15)9-11(12)16-13(17)6-8-20-14-3-2-7-19-14/h2-5,7,9H,6,8,15H2,1H3,(H,16,17). The molecule has 0 radical (unpaired) electrons. The lowest BCUT2D eigenvalue weighted by Gasteiger charge is -2.10. The Hall–Kier alpha value is -1.66. The monoisotopic (exact) mass is 308 g/mol. The number of methoxy groups -OCH3 is 1. The lowest BCUT2D eigenvalue weighted by atomic mass is 10.2. The van der Waals surface area contributed by atoms with Crippen molar-refractivity contribution in [1.29, 1.82) is 0 Å². The number of carbonyl (C=O) groups is 1. The summed E-state index contributed by atoms with van der Waals surface area (Å²) in [4.78, 5) is 11.9. The lowest BCUT2D eigenvalue weighted by Crippen LogP contribution is -2.13. The van der Waals surface area contributed by atoms with Crippen molar-refractivity contribution >= 4 is 40.4 Å². The number of hydrogen-bond donors (Lipinski definition) is 2. The van der Waals surface area contributed by atoms with Crippen LogP contribution in [-0.2, 0) is 4.79 Å². The maximum Gasteiger partial charge on any atom is 0.225 e. The van der Waals surface area contributed by atoms with Crippen molar-refractivity contribution in [2.45, 2.75) is 10.6 Å². The highest BCUT2D eigenvalue weighted by molar-refractivity contribution is 8.01. The minimum Gasteiger partial charge on any atom is -0.495 e. The van der Waals surface area contributed by atoms with Crippen molar-refractivity contribution in [3.63, 3.8) is 0 Å². The van der Waals surface area contributed by atoms with Crippen LogP contribution in [0.2, 0.25) is 0 Å². The van der Waals surface area contributed by atoms with Gasteiger partial charge in [-0.25, -0.2) is 0 Å². The lowest BCUT2D eigenvalue weighted by molar-refractivity contribution is -0.115. The van der Waals surface area contributed by atoms with Crippen LogP contribution in [0.3, 0.4) is 0 Å². The summed E-state index contributed by atoms with van der Waals surface area (Å²) in [5.41, 5.74) is 6.91. The van der Waals surface area contributed by atoms with Gasteiger partial charge >= 0.3 is 0 Å². The van der Waals surface area contributed by atoms with Crippen LogP contribution >= 0.6 is 23.1 Å². The molecule has 3 N–H and O–H groups in total. The maximum absolute atomic E-state index is 11.9. The van der Waals surface area contributed by atoms with Gasteiger partial charge < -0.3 is 15.8 Å². The van der Waals surface area contributed by atoms with E-state index in [0.717, 1.165) is 5.75 Å². The summed E-state index contributed by atoms with van der Waals surface area (Å²) >= 11 is 3.36. The number of nitrogens with one attached hydrogen (secondary N) is 1. The van der Waals surface area contributed by atoms with Gasteiger partial charge in [0.25, 0.3) is 0 Å². The fraction of sp³-hybridized carbons (Fsp3) is 0.214. The SMILES string of the molecule is COc1ccc(N)cc1NC(=O)CCSc1cccs1. The largest absolute Gasteiger partial charge is 0.495 e. The fourth-order valence-corrected chi connectivity index (χ4v) is 3.43. The molecule has 0 aliphatic rings. The summed E-state index contributed by atoms with van der Waals surface area (Å²) in [6.45, 7) is 0. The summed E-state index contributed by atoms with van der Waals surface area (Å²) in [5, 5.41) is 4.86. The summed E-state index contributed by atoms with van der Waals surface area (Å²) in [7, 11) is 1.56. The molecule has 1 aromatic heterocycles. The number of ether oxygens (including phenoxy) is 1. The van der Waals surface area contributed by atoms with Crippen LogP contribution in [0.5, 0.6) is 5.75 Å². The second-order valence-corrected chi connectivity index (χ2v) is 6.38. The first-order valence-electron chi connectivity index (χ1n) is 6.08. The van der Waals surface area contributed by atoms with Gasteiger partial charge in [-0.2, -0.15) is 0 Å². The molecule has 106 valence electrons. The number of rotatable bonds is 6. The molecule has 2 rings (SSSR count). The quantitative estimate of drug-likeness (QED) is 0.633. The highest BCUT2D eigenvalue weighted by Crippen LogP contribution is 2.27. The Morgan fingerprint density at radius 3 is 3.00 bits per heavy atom. The van der Waals surface area contributed by atoms with E-state index in [9.17, 15) is 4.79 Å². The van der Waals surface area contributed by atoms with E-state index in [2.05, 4.69) is 5.32 Å². The first-order chi connectivity index (χ1) is 9.69. The van der Waals surface area contributed by atoms with E-state index in [1.165, 1.54) is 4.21 Å². The second-order valence-electron chi connectivity index (χ2n) is 4.04. The van der Waals surface area contributed by atoms with Gasteiger partial charge in [0.05, 0.1) is 17.0 Å². The van der Waals surface area contributed by atoms with E-state index in [-0.39, 0.29) is 5.91 Å². The molecular formula is C14H16N2O2S2. The highest BCUT2D eigenvalue weighted by atomic mass is 32.2. The molecule has 4 nitrogen and oxygen atoms in total. The molecule has 1 amide bonds. The van der Waals surface area contributed by atoms with Crippen molar-refractivity contribution in [3.05, 3.63) is 35.7 Å². The maximum atomic E-state index is 11.9. The number of nitrogen functional groups attached to an aromatic ring is 1. The number of anilines is 2. The smallest absolute Gasteiger partial charge is 0.225 e. The van der Waals surface area contributed by atoms with Crippen LogP contribution in [-0.4, -0.2) is 18.8 Å². The number of amides is 1. The van der Waals surface area contributed by atoms with Crippen molar-refractivity contribution in [2.24, 2.45) is 0 Å². The molecule has 0 fully saturated rings. The average molecular weight is 308 g/mol. The zero-order chi connectivity index (χ0) is 14.4. The van der Waals surface area contributed by atoms with E-state index in [4.69, 9.17) is 10.5 Å². The van der Waals surface area contributed by atoms with Crippen LogP contribution in [0, 0.1) is 0 Å². The predicted molar refractivity (Wildman–Crippen MR) is 85.7 cm³/mol. The minimum atomic E-state index is -0.0436. The Morgan fingerprint density at radius 1 is 1.45 bits per heavy atom. The molecule has 0 spiro atoms. The van der Waals surface area contributed by atoms with Gasteiger partial charge in [0.15, 0.2) is 0 Å². The predicted octanol–water partition coefficient (Wildman–Crippen LogP) is 3.46. The van der Waals surface area contributed by atoms with Crippen molar-refractivity contribution in [2.75, 3.05) is 23.9 Å². The number of nitrogens with two attached hydrogens (primary N) is 1. The van der Waals surface area contributed by atoms with E-state index < -0.39 is 0 Å². The molecule has 20 heavy (non-hydrogen) atoms. The fourth-order valence-electron chi connectivity index (χ4n) is 1.63. The van der Waals surface area contributed by atoms with Crippen LogP contribution in [0.15, 0.2) is 39.9 Å². The van der Waals surface area contributed by atoms with Gasteiger partial charge in [0.2, 0.25) is 5.91 Å². The van der Waals surface area contributed by atoms with Crippen LogP contribution in [0.1, 0.15) is 6.42 Å². The molecule has 0 saturated heterocycles. The number of carbonyl (C=O) groups excluding carboxylic acids is 1. The van der Waals surface area contributed by atoms with Crippen LogP contribution < -0.4 is 15.8 Å². The molecule has 0 bridgehead atoms. The number of thiophene rings is 1. The van der Waals surface area contributed by atoms with Crippen LogP contribution in [0.25, 0.3) is 0 Å². The zero-order valence-corrected chi connectivity index (χ0v) is 12.7. The third-order valence-corrected chi connectivity index (χ3v) is 4.70. The van der Waals surface area contributed by atoms with Gasteiger partial charge in [-0.05, 0) is 29.6 Å². The Bertz CT molecular complexity index is 571. The topological polar surface area (TPSA) is 64.3 Å². The molecule has 0 atom stereocenters. The van der Waals surface area contributed by atoms with E-state index in [0.29, 0.717) is 23.5 Å². The molecular weight excluding hydrogens is 292 g/mol. The van der Waals surface area contributed by atoms with Crippen LogP contribution in [0.4, 0.5) is 11.4 Å². The molecule has 2 aromatic rings. The molecule has 0 aliphatic heterocycles. The van der Waals surface area contributed by atoms with Crippen molar-refractivity contribution in [1.82, 2.24) is 0 Å². The molecule has 6 heteroatoms. The first-order valence-corrected chi connectivity index (χ1v) is 7.95. The van der Waals surface area contributed by atoms with Gasteiger partial charge in [0, 0.05) is 17.9 Å². The highest BCUT2D eigenvalue weighted by Gasteiger charge is 2.08. The van der Waals surface area contributed by atoms with Gasteiger partial charge in [-0.15, -0.1) is 23.1 Å². The van der Waals surface area contributed by atoms with E-state index in [1.54, 1.807) is 48.4 Å². The second kappa shape index (κ2) is 7.21. The Kier molecular flexibility index (Phi) is 5.31. The molecule has 0 saturated carbocycles. The van der Waals surface area contributed by atoms with E-state index >= 15 is 0 Å². The van der Waals surface area contributed by atoms with Gasteiger partial charge in [0.1, 0.15) is 5.75 Å². The zero-order valence-electron chi connectivity index (χ0n) is 11.1. The summed E-state index contributed by atoms with van der Waals surface area (Å²) in [6, 6.07) is 9.23. The van der Waals surface area contributed by atoms with Crippen molar-refractivity contribution in [3.8, 4) is 5.75 Å². The van der Waals surface area contributed by atoms with Crippen molar-refractivity contribution < 1.29 is 9.53 Å².